The Morgan fingerprint density at radius 3 is 2.76 bits per heavy atom. The topological polar surface area (TPSA) is 95.3 Å². The van der Waals surface area contributed by atoms with Gasteiger partial charge in [0, 0.05) is 17.4 Å². The van der Waals surface area contributed by atoms with Crippen molar-refractivity contribution in [2.24, 2.45) is 51.5 Å². The maximum Gasteiger partial charge on any atom is 0.306 e. The van der Waals surface area contributed by atoms with Gasteiger partial charge in [0.25, 0.3) is 0 Å². The second kappa shape index (κ2) is 9.51. The Hall–Kier alpha value is -1.70. The second-order valence-corrected chi connectivity index (χ2v) is 12.0. The molecule has 6 nitrogen and oxygen atoms in total. The molecule has 4 fully saturated rings. The van der Waals surface area contributed by atoms with E-state index in [4.69, 9.17) is 16.7 Å². The van der Waals surface area contributed by atoms with Gasteiger partial charge in [0.15, 0.2) is 6.61 Å². The number of rotatable bonds is 6. The Kier molecular flexibility index (Phi) is 7.04. The van der Waals surface area contributed by atoms with Crippen molar-refractivity contribution in [2.45, 2.75) is 97.1 Å². The lowest BCUT2D eigenvalue weighted by Crippen LogP contribution is -2.58. The van der Waals surface area contributed by atoms with Crippen molar-refractivity contribution in [2.75, 3.05) is 6.61 Å². The SMILES string of the molecule is C#CCOC(=O)CC[C@@H](C)[C@H]1CC[C@H]2[C@@H]3CC[C@@H]4C[C@@H](N=[N+]=[N-])CC[C@]4(C)[C@H]3C[C@H](O)[C@]12C. The maximum absolute atomic E-state index is 12.0. The Morgan fingerprint density at radius 2 is 2.03 bits per heavy atom. The molecule has 0 spiro atoms. The number of ether oxygens (including phenoxy) is 1. The number of aliphatic hydroxyl groups excluding tert-OH is 1. The van der Waals surface area contributed by atoms with Gasteiger partial charge in [-0.25, -0.2) is 0 Å². The average molecular weight is 456 g/mol. The Morgan fingerprint density at radius 1 is 1.24 bits per heavy atom. The van der Waals surface area contributed by atoms with Gasteiger partial charge in [0.2, 0.25) is 0 Å². The van der Waals surface area contributed by atoms with E-state index in [0.717, 1.165) is 38.5 Å². The van der Waals surface area contributed by atoms with Gasteiger partial charge in [-0.2, -0.15) is 0 Å². The molecule has 0 amide bonds. The highest BCUT2D eigenvalue weighted by Crippen LogP contribution is 2.68. The van der Waals surface area contributed by atoms with E-state index in [1.807, 2.05) is 0 Å². The van der Waals surface area contributed by atoms with Gasteiger partial charge < -0.3 is 9.84 Å². The molecule has 33 heavy (non-hydrogen) atoms. The summed E-state index contributed by atoms with van der Waals surface area (Å²) in [4.78, 5) is 15.1. The zero-order valence-corrected chi connectivity index (χ0v) is 20.6. The Balaban J connectivity index is 1.47. The summed E-state index contributed by atoms with van der Waals surface area (Å²) in [5.74, 6) is 5.33. The largest absolute Gasteiger partial charge is 0.452 e. The number of nitrogens with zero attached hydrogens (tertiary/aromatic N) is 3. The molecule has 0 aromatic carbocycles. The second-order valence-electron chi connectivity index (χ2n) is 12.0. The fourth-order valence-corrected chi connectivity index (χ4v) is 9.08. The quantitative estimate of drug-likeness (QED) is 0.178. The van der Waals surface area contributed by atoms with Gasteiger partial charge in [-0.05, 0) is 110 Å². The lowest BCUT2D eigenvalue weighted by Gasteiger charge is -2.62. The van der Waals surface area contributed by atoms with Crippen LogP contribution in [0.1, 0.15) is 85.0 Å². The van der Waals surface area contributed by atoms with E-state index in [0.29, 0.717) is 41.9 Å². The van der Waals surface area contributed by atoms with Crippen molar-refractivity contribution in [3.63, 3.8) is 0 Å². The number of hydrogen-bond donors (Lipinski definition) is 1. The van der Waals surface area contributed by atoms with Crippen molar-refractivity contribution in [3.05, 3.63) is 10.4 Å². The number of carbonyl (C=O) groups excluding carboxylic acids is 1. The van der Waals surface area contributed by atoms with E-state index in [2.05, 4.69) is 36.7 Å². The molecule has 0 radical (unpaired) electrons. The number of hydrogen-bond acceptors (Lipinski definition) is 4. The zero-order chi connectivity index (χ0) is 23.8. The molecule has 0 aromatic rings. The van der Waals surface area contributed by atoms with Gasteiger partial charge in [0.05, 0.1) is 6.10 Å². The fraction of sp³-hybridized carbons (Fsp3) is 0.889. The van der Waals surface area contributed by atoms with Crippen LogP contribution in [0, 0.1) is 58.7 Å². The molecule has 10 atom stereocenters. The third kappa shape index (κ3) is 4.17. The Labute approximate surface area is 198 Å². The van der Waals surface area contributed by atoms with Crippen molar-refractivity contribution >= 4 is 5.97 Å². The zero-order valence-electron chi connectivity index (χ0n) is 20.6. The van der Waals surface area contributed by atoms with E-state index in [1.165, 1.54) is 19.3 Å². The first kappa shape index (κ1) is 24.4. The molecular formula is C27H41N3O3. The number of aliphatic hydroxyl groups is 1. The normalized spacial score (nSPS) is 44.9. The van der Waals surface area contributed by atoms with E-state index in [-0.39, 0.29) is 35.6 Å². The van der Waals surface area contributed by atoms with Crippen LogP contribution >= 0.6 is 0 Å². The number of fused-ring (bicyclic) bond motifs is 5. The molecule has 6 heteroatoms. The number of esters is 1. The molecule has 0 heterocycles. The molecule has 4 aliphatic rings. The van der Waals surface area contributed by atoms with Crippen LogP contribution in [0.4, 0.5) is 0 Å². The van der Waals surface area contributed by atoms with E-state index in [1.54, 1.807) is 0 Å². The van der Waals surface area contributed by atoms with Crippen LogP contribution in [-0.2, 0) is 9.53 Å². The monoisotopic (exact) mass is 455 g/mol. The molecule has 0 unspecified atom stereocenters. The highest BCUT2D eigenvalue weighted by molar-refractivity contribution is 5.69. The average Bonchev–Trinajstić information content (AvgIpc) is 3.16. The summed E-state index contributed by atoms with van der Waals surface area (Å²) in [5.41, 5.74) is 9.07. The third-order valence-corrected chi connectivity index (χ3v) is 10.8. The van der Waals surface area contributed by atoms with Crippen molar-refractivity contribution in [1.29, 1.82) is 0 Å². The molecule has 4 rings (SSSR count). The summed E-state index contributed by atoms with van der Waals surface area (Å²) < 4.78 is 5.06. The smallest absolute Gasteiger partial charge is 0.306 e. The van der Waals surface area contributed by atoms with Crippen LogP contribution in [0.25, 0.3) is 10.4 Å². The van der Waals surface area contributed by atoms with Gasteiger partial charge in [-0.1, -0.05) is 31.8 Å². The lowest BCUT2D eigenvalue weighted by atomic mass is 9.43. The van der Waals surface area contributed by atoms with Gasteiger partial charge in [0.1, 0.15) is 0 Å². The van der Waals surface area contributed by atoms with E-state index in [9.17, 15) is 9.90 Å². The molecule has 0 saturated heterocycles. The predicted octanol–water partition coefficient (Wildman–Crippen LogP) is 5.89. The van der Waals surface area contributed by atoms with Crippen LogP contribution in [-0.4, -0.2) is 29.8 Å². The fourth-order valence-electron chi connectivity index (χ4n) is 9.08. The minimum absolute atomic E-state index is 0.0432. The maximum atomic E-state index is 12.0. The van der Waals surface area contributed by atoms with Crippen molar-refractivity contribution in [1.82, 2.24) is 0 Å². The van der Waals surface area contributed by atoms with Crippen molar-refractivity contribution < 1.29 is 14.6 Å². The molecule has 182 valence electrons. The molecule has 4 aliphatic carbocycles. The van der Waals surface area contributed by atoms with Crippen LogP contribution in [0.15, 0.2) is 5.11 Å². The van der Waals surface area contributed by atoms with Gasteiger partial charge in [-0.15, -0.1) is 6.42 Å². The minimum Gasteiger partial charge on any atom is -0.452 e. The molecule has 0 aromatic heterocycles. The van der Waals surface area contributed by atoms with E-state index >= 15 is 0 Å². The number of terminal acetylenes is 1. The summed E-state index contributed by atoms with van der Waals surface area (Å²) in [6.07, 6.45) is 14.9. The third-order valence-electron chi connectivity index (χ3n) is 10.8. The first-order valence-electron chi connectivity index (χ1n) is 13.1. The van der Waals surface area contributed by atoms with Crippen molar-refractivity contribution in [3.8, 4) is 12.3 Å². The highest BCUT2D eigenvalue weighted by Gasteiger charge is 2.63. The number of azide groups is 1. The molecular weight excluding hydrogens is 414 g/mol. The molecule has 0 aliphatic heterocycles. The minimum atomic E-state index is -0.294. The summed E-state index contributed by atoms with van der Waals surface area (Å²) in [6, 6.07) is 0.146. The first-order valence-corrected chi connectivity index (χ1v) is 13.1. The molecule has 1 N–H and O–H groups in total. The van der Waals surface area contributed by atoms with Crippen LogP contribution in [0.2, 0.25) is 0 Å². The number of carbonyl (C=O) groups is 1. The molecule has 4 saturated carbocycles. The van der Waals surface area contributed by atoms with Gasteiger partial charge >= 0.3 is 5.97 Å². The van der Waals surface area contributed by atoms with Crippen LogP contribution in [0.5, 0.6) is 0 Å². The first-order chi connectivity index (χ1) is 15.8. The van der Waals surface area contributed by atoms with E-state index < -0.39 is 0 Å². The standard InChI is InChI=1S/C27H41N3O3/c1-5-14-33-25(32)11-6-17(2)21-9-10-22-20-8-7-18-15-19(29-30-28)12-13-26(18,3)23(20)16-24(31)27(21,22)4/h1,17-24,31H,6-16H2,2-4H3/t17-,18-,19+,20+,21-,22+,23+,24+,26+,27-/m1/s1. The van der Waals surface area contributed by atoms with Crippen LogP contribution in [0.3, 0.4) is 0 Å². The molecule has 0 bridgehead atoms. The summed E-state index contributed by atoms with van der Waals surface area (Å²) in [7, 11) is 0. The highest BCUT2D eigenvalue weighted by atomic mass is 16.5. The summed E-state index contributed by atoms with van der Waals surface area (Å²) >= 11 is 0. The Bertz CT molecular complexity index is 833. The summed E-state index contributed by atoms with van der Waals surface area (Å²) in [5, 5.41) is 15.7. The lowest BCUT2D eigenvalue weighted by molar-refractivity contribution is -0.169. The van der Waals surface area contributed by atoms with Gasteiger partial charge in [-0.3, -0.25) is 4.79 Å². The van der Waals surface area contributed by atoms with Crippen LogP contribution < -0.4 is 0 Å². The predicted molar refractivity (Wildman–Crippen MR) is 128 cm³/mol. The summed E-state index contributed by atoms with van der Waals surface area (Å²) in [6.45, 7) is 7.10.